The van der Waals surface area contributed by atoms with E-state index in [0.717, 1.165) is 18.9 Å². The lowest BCUT2D eigenvalue weighted by Gasteiger charge is -2.36. The molecule has 0 aromatic carbocycles. The van der Waals surface area contributed by atoms with Crippen LogP contribution in [0.15, 0.2) is 36.8 Å². The molecule has 7 heteroatoms. The Balaban J connectivity index is 1.59. The van der Waals surface area contributed by atoms with Crippen molar-refractivity contribution < 1.29 is 4.79 Å². The van der Waals surface area contributed by atoms with E-state index in [2.05, 4.69) is 15.0 Å². The van der Waals surface area contributed by atoms with Crippen molar-refractivity contribution in [2.75, 3.05) is 31.1 Å². The molecule has 1 aliphatic heterocycles. The lowest BCUT2D eigenvalue weighted by Crippen LogP contribution is -2.50. The SMILES string of the molecule is C[C@H](C(=O)N1CCN(c2ccc(Cl)cn2)CC1)n1cccn1. The quantitative estimate of drug-likeness (QED) is 0.866. The molecule has 0 unspecified atom stereocenters. The van der Waals surface area contributed by atoms with Gasteiger partial charge in [0.2, 0.25) is 5.91 Å². The van der Waals surface area contributed by atoms with Gasteiger partial charge in [-0.15, -0.1) is 0 Å². The molecule has 1 fully saturated rings. The Morgan fingerprint density at radius 2 is 2.05 bits per heavy atom. The molecule has 1 atom stereocenters. The third-order valence-corrected chi connectivity index (χ3v) is 4.13. The van der Waals surface area contributed by atoms with Crippen LogP contribution in [0, 0.1) is 0 Å². The molecule has 0 radical (unpaired) electrons. The number of anilines is 1. The molecule has 0 aliphatic carbocycles. The van der Waals surface area contributed by atoms with E-state index in [-0.39, 0.29) is 11.9 Å². The normalized spacial score (nSPS) is 16.6. The summed E-state index contributed by atoms with van der Waals surface area (Å²) in [5.41, 5.74) is 0. The van der Waals surface area contributed by atoms with E-state index in [1.807, 2.05) is 36.2 Å². The molecule has 1 amide bonds. The van der Waals surface area contributed by atoms with Crippen molar-refractivity contribution in [2.24, 2.45) is 0 Å². The van der Waals surface area contributed by atoms with Gasteiger partial charge < -0.3 is 9.80 Å². The zero-order valence-electron chi connectivity index (χ0n) is 12.4. The van der Waals surface area contributed by atoms with Crippen LogP contribution in [0.4, 0.5) is 5.82 Å². The zero-order chi connectivity index (χ0) is 15.5. The minimum Gasteiger partial charge on any atom is -0.353 e. The van der Waals surface area contributed by atoms with Crippen molar-refractivity contribution in [1.82, 2.24) is 19.7 Å². The summed E-state index contributed by atoms with van der Waals surface area (Å²) >= 11 is 5.86. The third-order valence-electron chi connectivity index (χ3n) is 3.91. The monoisotopic (exact) mass is 319 g/mol. The van der Waals surface area contributed by atoms with Gasteiger partial charge in [0, 0.05) is 44.8 Å². The van der Waals surface area contributed by atoms with Crippen molar-refractivity contribution in [3.8, 4) is 0 Å². The summed E-state index contributed by atoms with van der Waals surface area (Å²) in [6, 6.07) is 5.30. The number of rotatable bonds is 3. The highest BCUT2D eigenvalue weighted by molar-refractivity contribution is 6.30. The topological polar surface area (TPSA) is 54.3 Å². The van der Waals surface area contributed by atoms with Gasteiger partial charge >= 0.3 is 0 Å². The average Bonchev–Trinajstić information content (AvgIpc) is 3.09. The molecule has 2 aromatic rings. The standard InChI is InChI=1S/C15H18ClN5O/c1-12(21-6-2-5-18-21)15(22)20-9-7-19(8-10-20)14-4-3-13(16)11-17-14/h2-6,11-12H,7-10H2,1H3/t12-/m1/s1. The maximum atomic E-state index is 12.5. The summed E-state index contributed by atoms with van der Waals surface area (Å²) in [6.07, 6.45) is 5.15. The van der Waals surface area contributed by atoms with E-state index < -0.39 is 0 Å². The summed E-state index contributed by atoms with van der Waals surface area (Å²) in [4.78, 5) is 20.9. The molecule has 0 N–H and O–H groups in total. The van der Waals surface area contributed by atoms with E-state index in [1.54, 1.807) is 17.1 Å². The first-order chi connectivity index (χ1) is 10.6. The fourth-order valence-electron chi connectivity index (χ4n) is 2.60. The van der Waals surface area contributed by atoms with Gasteiger partial charge in [0.15, 0.2) is 0 Å². The summed E-state index contributed by atoms with van der Waals surface area (Å²) in [6.45, 7) is 4.80. The predicted octanol–water partition coefficient (Wildman–Crippen LogP) is 1.84. The van der Waals surface area contributed by atoms with Gasteiger partial charge in [0.05, 0.1) is 5.02 Å². The molecular formula is C15H18ClN5O. The van der Waals surface area contributed by atoms with E-state index in [9.17, 15) is 4.79 Å². The maximum Gasteiger partial charge on any atom is 0.247 e. The number of hydrogen-bond donors (Lipinski definition) is 0. The van der Waals surface area contributed by atoms with E-state index >= 15 is 0 Å². The van der Waals surface area contributed by atoms with E-state index in [1.165, 1.54) is 0 Å². The fraction of sp³-hybridized carbons (Fsp3) is 0.400. The molecule has 1 aliphatic rings. The highest BCUT2D eigenvalue weighted by Crippen LogP contribution is 2.17. The molecule has 2 aromatic heterocycles. The Morgan fingerprint density at radius 1 is 1.27 bits per heavy atom. The predicted molar refractivity (Wildman–Crippen MR) is 85.0 cm³/mol. The number of nitrogens with zero attached hydrogens (tertiary/aromatic N) is 5. The van der Waals surface area contributed by atoms with Gasteiger partial charge in [-0.3, -0.25) is 9.48 Å². The molecule has 6 nitrogen and oxygen atoms in total. The number of aromatic nitrogens is 3. The third kappa shape index (κ3) is 3.06. The summed E-state index contributed by atoms with van der Waals surface area (Å²) in [5.74, 6) is 1.00. The molecule has 116 valence electrons. The van der Waals surface area contributed by atoms with E-state index in [4.69, 9.17) is 11.6 Å². The van der Waals surface area contributed by atoms with Crippen molar-refractivity contribution in [1.29, 1.82) is 0 Å². The number of carbonyl (C=O) groups is 1. The van der Waals surface area contributed by atoms with Gasteiger partial charge in [-0.1, -0.05) is 11.6 Å². The number of hydrogen-bond acceptors (Lipinski definition) is 4. The number of amides is 1. The average molecular weight is 320 g/mol. The largest absolute Gasteiger partial charge is 0.353 e. The smallest absolute Gasteiger partial charge is 0.247 e. The first-order valence-electron chi connectivity index (χ1n) is 7.29. The highest BCUT2D eigenvalue weighted by atomic mass is 35.5. The number of halogens is 1. The zero-order valence-corrected chi connectivity index (χ0v) is 13.1. The number of pyridine rings is 1. The van der Waals surface area contributed by atoms with Crippen LogP contribution in [0.25, 0.3) is 0 Å². The number of carbonyl (C=O) groups excluding carboxylic acids is 1. The summed E-state index contributed by atoms with van der Waals surface area (Å²) < 4.78 is 1.69. The Labute approximate surface area is 134 Å². The lowest BCUT2D eigenvalue weighted by molar-refractivity contribution is -0.134. The summed E-state index contributed by atoms with van der Waals surface area (Å²) in [7, 11) is 0. The van der Waals surface area contributed by atoms with Crippen LogP contribution < -0.4 is 4.90 Å². The van der Waals surface area contributed by atoms with Crippen molar-refractivity contribution in [3.05, 3.63) is 41.8 Å². The molecule has 0 spiro atoms. The molecule has 0 saturated carbocycles. The first kappa shape index (κ1) is 14.8. The molecule has 3 heterocycles. The second-order valence-electron chi connectivity index (χ2n) is 5.31. The maximum absolute atomic E-state index is 12.5. The molecule has 22 heavy (non-hydrogen) atoms. The van der Waals surface area contributed by atoms with Gasteiger partial charge in [-0.05, 0) is 25.1 Å². The van der Waals surface area contributed by atoms with Gasteiger partial charge in [-0.25, -0.2) is 4.98 Å². The molecule has 3 rings (SSSR count). The minimum atomic E-state index is -0.268. The van der Waals surface area contributed by atoms with Gasteiger partial charge in [0.1, 0.15) is 11.9 Å². The fourth-order valence-corrected chi connectivity index (χ4v) is 2.71. The Kier molecular flexibility index (Phi) is 4.29. The molecule has 1 saturated heterocycles. The lowest BCUT2D eigenvalue weighted by atomic mass is 10.2. The second kappa shape index (κ2) is 6.36. The molecule has 0 bridgehead atoms. The highest BCUT2D eigenvalue weighted by Gasteiger charge is 2.26. The number of piperazine rings is 1. The van der Waals surface area contributed by atoms with Crippen molar-refractivity contribution in [3.63, 3.8) is 0 Å². The Hall–Kier alpha value is -2.08. The van der Waals surface area contributed by atoms with Crippen molar-refractivity contribution in [2.45, 2.75) is 13.0 Å². The minimum absolute atomic E-state index is 0.104. The van der Waals surface area contributed by atoms with Crippen LogP contribution in [-0.2, 0) is 4.79 Å². The van der Waals surface area contributed by atoms with Gasteiger partial charge in [-0.2, -0.15) is 5.10 Å². The van der Waals surface area contributed by atoms with Crippen molar-refractivity contribution >= 4 is 23.3 Å². The van der Waals surface area contributed by atoms with E-state index in [0.29, 0.717) is 18.1 Å². The Morgan fingerprint density at radius 3 is 2.64 bits per heavy atom. The summed E-state index contributed by atoms with van der Waals surface area (Å²) in [5, 5.41) is 4.77. The van der Waals surface area contributed by atoms with Crippen LogP contribution in [0.2, 0.25) is 5.02 Å². The van der Waals surface area contributed by atoms with Crippen LogP contribution in [-0.4, -0.2) is 51.8 Å². The van der Waals surface area contributed by atoms with Crippen LogP contribution >= 0.6 is 11.6 Å². The first-order valence-corrected chi connectivity index (χ1v) is 7.67. The van der Waals surface area contributed by atoms with Crippen LogP contribution in [0.1, 0.15) is 13.0 Å². The van der Waals surface area contributed by atoms with Crippen LogP contribution in [0.5, 0.6) is 0 Å². The second-order valence-corrected chi connectivity index (χ2v) is 5.75. The molecular weight excluding hydrogens is 302 g/mol. The van der Waals surface area contributed by atoms with Crippen LogP contribution in [0.3, 0.4) is 0 Å². The van der Waals surface area contributed by atoms with Gasteiger partial charge in [0.25, 0.3) is 0 Å². The Bertz CT molecular complexity index is 620.